The molecule has 1 aromatic carbocycles. The predicted molar refractivity (Wildman–Crippen MR) is 102 cm³/mol. The van der Waals surface area contributed by atoms with E-state index in [2.05, 4.69) is 20.5 Å². The second-order valence-electron chi connectivity index (χ2n) is 7.89. The minimum atomic E-state index is -0.0249. The summed E-state index contributed by atoms with van der Waals surface area (Å²) < 4.78 is 0. The summed E-state index contributed by atoms with van der Waals surface area (Å²) in [6.07, 6.45) is 8.59. The summed E-state index contributed by atoms with van der Waals surface area (Å²) in [6, 6.07) is 7.75. The third kappa shape index (κ3) is 3.80. The van der Waals surface area contributed by atoms with Crippen LogP contribution in [0.1, 0.15) is 63.1 Å². The molecule has 0 atom stereocenters. The monoisotopic (exact) mass is 353 g/mol. The Morgan fingerprint density at radius 1 is 1.27 bits per heavy atom. The number of hydrogen-bond donors (Lipinski definition) is 3. The third-order valence-electron chi connectivity index (χ3n) is 5.75. The smallest absolute Gasteiger partial charge is 0.224 e. The molecule has 6 nitrogen and oxygen atoms in total. The molecule has 2 aliphatic rings. The van der Waals surface area contributed by atoms with Crippen LogP contribution in [0.4, 0.5) is 5.69 Å². The van der Waals surface area contributed by atoms with Crippen LogP contribution in [-0.2, 0) is 4.79 Å². The molecule has 4 N–H and O–H groups in total. The number of carbonyl (C=O) groups is 1. The molecule has 2 aliphatic carbocycles. The summed E-state index contributed by atoms with van der Waals surface area (Å²) in [7, 11) is 0. The number of nitrogens with two attached hydrogens (primary N) is 1. The van der Waals surface area contributed by atoms with E-state index in [1.807, 2.05) is 24.3 Å². The second-order valence-corrected chi connectivity index (χ2v) is 7.89. The number of rotatable bonds is 6. The van der Waals surface area contributed by atoms with Crippen molar-refractivity contribution in [3.63, 3.8) is 0 Å². The lowest BCUT2D eigenvalue weighted by molar-refractivity contribution is -0.118. The number of anilines is 1. The van der Waals surface area contributed by atoms with Gasteiger partial charge in [-0.1, -0.05) is 31.4 Å². The SMILES string of the molecule is NCC1(CC(=O)Nc2cccc(-c3n[nH]c(C4CC4)n3)c2)CCCCC1. The Morgan fingerprint density at radius 2 is 2.08 bits per heavy atom. The summed E-state index contributed by atoms with van der Waals surface area (Å²) in [6.45, 7) is 0.585. The maximum absolute atomic E-state index is 12.6. The van der Waals surface area contributed by atoms with E-state index in [1.54, 1.807) is 0 Å². The van der Waals surface area contributed by atoms with Crippen molar-refractivity contribution >= 4 is 11.6 Å². The maximum Gasteiger partial charge on any atom is 0.224 e. The number of aromatic amines is 1. The van der Waals surface area contributed by atoms with Crippen LogP contribution in [0.3, 0.4) is 0 Å². The Labute approximate surface area is 154 Å². The topological polar surface area (TPSA) is 96.7 Å². The number of carbonyl (C=O) groups excluding carboxylic acids is 1. The van der Waals surface area contributed by atoms with Gasteiger partial charge in [0.1, 0.15) is 5.82 Å². The van der Waals surface area contributed by atoms with Crippen LogP contribution in [0.2, 0.25) is 0 Å². The molecule has 0 radical (unpaired) electrons. The van der Waals surface area contributed by atoms with Crippen LogP contribution in [-0.4, -0.2) is 27.6 Å². The van der Waals surface area contributed by atoms with Gasteiger partial charge >= 0.3 is 0 Å². The molecule has 1 aromatic heterocycles. The number of H-pyrrole nitrogens is 1. The van der Waals surface area contributed by atoms with Crippen LogP contribution in [0, 0.1) is 5.41 Å². The molecular formula is C20H27N5O. The predicted octanol–water partition coefficient (Wildman–Crippen LogP) is 3.59. The van der Waals surface area contributed by atoms with E-state index >= 15 is 0 Å². The quantitative estimate of drug-likeness (QED) is 0.739. The first-order chi connectivity index (χ1) is 12.7. The Hall–Kier alpha value is -2.21. The van der Waals surface area contributed by atoms with Crippen LogP contribution >= 0.6 is 0 Å². The van der Waals surface area contributed by atoms with Gasteiger partial charge < -0.3 is 11.1 Å². The van der Waals surface area contributed by atoms with Crippen molar-refractivity contribution in [1.29, 1.82) is 0 Å². The van der Waals surface area contributed by atoms with Crippen molar-refractivity contribution in [1.82, 2.24) is 15.2 Å². The molecule has 2 fully saturated rings. The maximum atomic E-state index is 12.6. The molecule has 2 saturated carbocycles. The van der Waals surface area contributed by atoms with Gasteiger partial charge in [0.05, 0.1) is 0 Å². The van der Waals surface area contributed by atoms with E-state index in [1.165, 1.54) is 32.1 Å². The first kappa shape index (κ1) is 17.2. The zero-order valence-electron chi connectivity index (χ0n) is 15.1. The lowest BCUT2D eigenvalue weighted by Crippen LogP contribution is -2.36. The molecule has 138 valence electrons. The average molecular weight is 353 g/mol. The van der Waals surface area contributed by atoms with Crippen LogP contribution < -0.4 is 11.1 Å². The fraction of sp³-hybridized carbons (Fsp3) is 0.550. The van der Waals surface area contributed by atoms with Gasteiger partial charge in [0.15, 0.2) is 5.82 Å². The highest BCUT2D eigenvalue weighted by Gasteiger charge is 2.33. The molecule has 6 heteroatoms. The summed E-state index contributed by atoms with van der Waals surface area (Å²) in [5.41, 5.74) is 7.69. The zero-order chi connectivity index (χ0) is 18.0. The summed E-state index contributed by atoms with van der Waals surface area (Å²) in [5, 5.41) is 10.4. The minimum absolute atomic E-state index is 0.0249. The normalized spacial score (nSPS) is 19.3. The van der Waals surface area contributed by atoms with Gasteiger partial charge in [0, 0.05) is 23.6 Å². The molecule has 26 heavy (non-hydrogen) atoms. The molecule has 0 unspecified atom stereocenters. The van der Waals surface area contributed by atoms with Crippen LogP contribution in [0.15, 0.2) is 24.3 Å². The number of benzene rings is 1. The van der Waals surface area contributed by atoms with Gasteiger partial charge in [-0.25, -0.2) is 4.98 Å². The van der Waals surface area contributed by atoms with Gasteiger partial charge in [-0.2, -0.15) is 5.10 Å². The highest BCUT2D eigenvalue weighted by molar-refractivity contribution is 5.91. The molecule has 4 rings (SSSR count). The zero-order valence-corrected chi connectivity index (χ0v) is 15.1. The van der Waals surface area contributed by atoms with Crippen molar-refractivity contribution in [2.75, 3.05) is 11.9 Å². The van der Waals surface area contributed by atoms with E-state index in [0.717, 1.165) is 29.9 Å². The number of aromatic nitrogens is 3. The standard InChI is InChI=1S/C20H27N5O/c21-13-20(9-2-1-3-10-20)12-17(26)22-16-6-4-5-15(11-16)19-23-18(24-25-19)14-7-8-14/h4-6,11,14H,1-3,7-10,12-13,21H2,(H,22,26)(H,23,24,25). The summed E-state index contributed by atoms with van der Waals surface area (Å²) >= 11 is 0. The fourth-order valence-electron chi connectivity index (χ4n) is 3.98. The number of hydrogen-bond acceptors (Lipinski definition) is 4. The van der Waals surface area contributed by atoms with E-state index in [0.29, 0.717) is 24.7 Å². The first-order valence-electron chi connectivity index (χ1n) is 9.70. The van der Waals surface area contributed by atoms with E-state index in [9.17, 15) is 4.79 Å². The van der Waals surface area contributed by atoms with Crippen molar-refractivity contribution in [2.45, 2.75) is 57.3 Å². The lowest BCUT2D eigenvalue weighted by atomic mass is 9.71. The second kappa shape index (κ2) is 7.19. The number of amides is 1. The highest BCUT2D eigenvalue weighted by Crippen LogP contribution is 2.39. The van der Waals surface area contributed by atoms with Crippen molar-refractivity contribution in [3.05, 3.63) is 30.1 Å². The van der Waals surface area contributed by atoms with Gasteiger partial charge in [0.2, 0.25) is 5.91 Å². The van der Waals surface area contributed by atoms with Gasteiger partial charge in [-0.15, -0.1) is 0 Å². The Morgan fingerprint density at radius 3 is 2.81 bits per heavy atom. The Balaban J connectivity index is 1.43. The lowest BCUT2D eigenvalue weighted by Gasteiger charge is -2.35. The highest BCUT2D eigenvalue weighted by atomic mass is 16.1. The number of nitrogens with zero attached hydrogens (tertiary/aromatic N) is 2. The molecule has 1 amide bonds. The molecule has 0 saturated heterocycles. The van der Waals surface area contributed by atoms with E-state index in [4.69, 9.17) is 5.73 Å². The van der Waals surface area contributed by atoms with Gasteiger partial charge in [-0.05, 0) is 49.8 Å². The van der Waals surface area contributed by atoms with Crippen LogP contribution in [0.5, 0.6) is 0 Å². The van der Waals surface area contributed by atoms with E-state index < -0.39 is 0 Å². The number of nitrogens with one attached hydrogen (secondary N) is 2. The van der Waals surface area contributed by atoms with Crippen LogP contribution in [0.25, 0.3) is 11.4 Å². The molecular weight excluding hydrogens is 326 g/mol. The van der Waals surface area contributed by atoms with E-state index in [-0.39, 0.29) is 11.3 Å². The molecule has 0 aliphatic heterocycles. The minimum Gasteiger partial charge on any atom is -0.330 e. The summed E-state index contributed by atoms with van der Waals surface area (Å²) in [5.74, 6) is 2.25. The first-order valence-corrected chi connectivity index (χ1v) is 9.70. The fourth-order valence-corrected chi connectivity index (χ4v) is 3.98. The Bertz CT molecular complexity index is 774. The summed E-state index contributed by atoms with van der Waals surface area (Å²) in [4.78, 5) is 17.2. The third-order valence-corrected chi connectivity index (χ3v) is 5.75. The molecule has 0 bridgehead atoms. The largest absolute Gasteiger partial charge is 0.330 e. The molecule has 1 heterocycles. The van der Waals surface area contributed by atoms with Crippen molar-refractivity contribution in [3.8, 4) is 11.4 Å². The van der Waals surface area contributed by atoms with Gasteiger partial charge in [-0.3, -0.25) is 9.89 Å². The van der Waals surface area contributed by atoms with Crippen molar-refractivity contribution < 1.29 is 4.79 Å². The molecule has 0 spiro atoms. The Kier molecular flexibility index (Phi) is 4.76. The van der Waals surface area contributed by atoms with Gasteiger partial charge in [0.25, 0.3) is 0 Å². The van der Waals surface area contributed by atoms with Crippen molar-refractivity contribution in [2.24, 2.45) is 11.1 Å². The molecule has 2 aromatic rings. The average Bonchev–Trinajstić information content (AvgIpc) is 3.39.